The average Bonchev–Trinajstić information content (AvgIpc) is 2.53. The summed E-state index contributed by atoms with van der Waals surface area (Å²) in [6, 6.07) is 8.41. The third kappa shape index (κ3) is 4.51. The molecule has 1 heterocycles. The van der Waals surface area contributed by atoms with Crippen LogP contribution >= 0.6 is 0 Å². The van der Waals surface area contributed by atoms with Gasteiger partial charge in [0, 0.05) is 29.9 Å². The first-order valence-corrected chi connectivity index (χ1v) is 8.71. The van der Waals surface area contributed by atoms with Crippen LogP contribution < -0.4 is 9.74 Å². The van der Waals surface area contributed by atoms with Crippen molar-refractivity contribution in [2.24, 2.45) is 0 Å². The van der Waals surface area contributed by atoms with Crippen molar-refractivity contribution in [1.82, 2.24) is 4.57 Å². The van der Waals surface area contributed by atoms with Gasteiger partial charge in [0.15, 0.2) is 0 Å². The second-order valence-electron chi connectivity index (χ2n) is 5.41. The normalized spacial score (nSPS) is 12.0. The molecule has 2 aromatic rings. The first kappa shape index (κ1) is 19.7. The van der Waals surface area contributed by atoms with E-state index in [4.69, 9.17) is 0 Å². The van der Waals surface area contributed by atoms with Gasteiger partial charge in [-0.05, 0) is 18.9 Å². The van der Waals surface area contributed by atoms with Crippen LogP contribution in [0.3, 0.4) is 0 Å². The highest BCUT2D eigenvalue weighted by Crippen LogP contribution is 2.26. The number of aryl methyl sites for hydroxylation is 2. The predicted octanol–water partition coefficient (Wildman–Crippen LogP) is 2.44. The summed E-state index contributed by atoms with van der Waals surface area (Å²) in [5.41, 5.74) is -4.67. The molecule has 140 valence electrons. The van der Waals surface area contributed by atoms with Crippen LogP contribution in [0.5, 0.6) is 5.75 Å². The molecule has 0 spiro atoms. The van der Waals surface area contributed by atoms with E-state index in [2.05, 4.69) is 4.18 Å². The van der Waals surface area contributed by atoms with Crippen molar-refractivity contribution in [3.05, 3.63) is 63.6 Å². The van der Waals surface area contributed by atoms with Crippen molar-refractivity contribution in [3.8, 4) is 5.75 Å². The third-order valence-electron chi connectivity index (χ3n) is 3.54. The zero-order valence-electron chi connectivity index (χ0n) is 13.5. The molecule has 26 heavy (non-hydrogen) atoms. The van der Waals surface area contributed by atoms with Gasteiger partial charge in [-0.2, -0.15) is 21.6 Å². The first-order chi connectivity index (χ1) is 12.0. The second-order valence-corrected chi connectivity index (χ2v) is 6.95. The number of carbonyl (C=O) groups excluding carboxylic acids is 1. The van der Waals surface area contributed by atoms with Gasteiger partial charge in [0.1, 0.15) is 12.0 Å². The number of hydrogen-bond acceptors (Lipinski definition) is 5. The first-order valence-electron chi connectivity index (χ1n) is 7.30. The van der Waals surface area contributed by atoms with Gasteiger partial charge in [0.2, 0.25) is 0 Å². The topological polar surface area (TPSA) is 82.4 Å². The molecule has 0 saturated heterocycles. The summed E-state index contributed by atoms with van der Waals surface area (Å²) in [4.78, 5) is 22.7. The van der Waals surface area contributed by atoms with Gasteiger partial charge >= 0.3 is 15.6 Å². The largest absolute Gasteiger partial charge is 0.534 e. The van der Waals surface area contributed by atoms with Crippen LogP contribution in [0.1, 0.15) is 21.6 Å². The molecule has 0 aliphatic rings. The maximum absolute atomic E-state index is 12.3. The van der Waals surface area contributed by atoms with Crippen molar-refractivity contribution in [2.45, 2.75) is 25.4 Å². The number of pyridine rings is 1. The van der Waals surface area contributed by atoms with E-state index in [9.17, 15) is 31.2 Å². The molecule has 0 unspecified atom stereocenters. The maximum atomic E-state index is 12.3. The van der Waals surface area contributed by atoms with Gasteiger partial charge < -0.3 is 8.75 Å². The Hall–Kier alpha value is -2.62. The molecule has 0 bridgehead atoms. The van der Waals surface area contributed by atoms with E-state index < -0.39 is 26.9 Å². The molecule has 1 aromatic carbocycles. The number of aromatic nitrogens is 1. The Morgan fingerprint density at radius 3 is 2.27 bits per heavy atom. The molecule has 1 aromatic heterocycles. The number of halogens is 3. The summed E-state index contributed by atoms with van der Waals surface area (Å²) in [6.45, 7) is 1.67. The molecule has 0 radical (unpaired) electrons. The van der Waals surface area contributed by atoms with E-state index in [0.29, 0.717) is 24.3 Å². The second kappa shape index (κ2) is 7.32. The zero-order chi connectivity index (χ0) is 19.5. The van der Waals surface area contributed by atoms with Crippen LogP contribution in [-0.2, 0) is 23.1 Å². The summed E-state index contributed by atoms with van der Waals surface area (Å²) < 4.78 is 64.3. The lowest BCUT2D eigenvalue weighted by Crippen LogP contribution is -2.29. The van der Waals surface area contributed by atoms with Gasteiger partial charge in [-0.1, -0.05) is 24.3 Å². The lowest BCUT2D eigenvalue weighted by atomic mass is 10.1. The van der Waals surface area contributed by atoms with E-state index in [0.717, 1.165) is 11.6 Å². The molecule has 6 nitrogen and oxygen atoms in total. The minimum absolute atomic E-state index is 0.220. The average molecular weight is 389 g/mol. The molecule has 0 atom stereocenters. The van der Waals surface area contributed by atoms with Crippen molar-refractivity contribution < 1.29 is 30.6 Å². The zero-order valence-corrected chi connectivity index (χ0v) is 14.3. The van der Waals surface area contributed by atoms with Crippen LogP contribution in [0.4, 0.5) is 13.2 Å². The number of rotatable bonds is 6. The Kier molecular flexibility index (Phi) is 5.55. The van der Waals surface area contributed by atoms with Crippen LogP contribution in [0.2, 0.25) is 0 Å². The molecule has 0 N–H and O–H groups in total. The molecule has 0 amide bonds. The molecular weight excluding hydrogens is 375 g/mol. The van der Waals surface area contributed by atoms with Crippen LogP contribution in [0, 0.1) is 6.92 Å². The standard InChI is InChI=1S/C16H14F3NO5S/c1-11-8-14(25-26(23,24)16(17,18)19)9-15(22)20(11)7-6-12-2-4-13(10-21)5-3-12/h2-5,8-10H,6-7H2,1H3. The van der Waals surface area contributed by atoms with Crippen molar-refractivity contribution in [2.75, 3.05) is 0 Å². The summed E-state index contributed by atoms with van der Waals surface area (Å²) in [7, 11) is -5.84. The summed E-state index contributed by atoms with van der Waals surface area (Å²) >= 11 is 0. The van der Waals surface area contributed by atoms with Gasteiger partial charge in [0.05, 0.1) is 0 Å². The molecular formula is C16H14F3NO5S. The predicted molar refractivity (Wildman–Crippen MR) is 86.6 cm³/mol. The van der Waals surface area contributed by atoms with Crippen molar-refractivity contribution in [1.29, 1.82) is 0 Å². The Morgan fingerprint density at radius 1 is 1.15 bits per heavy atom. The number of nitrogens with zero attached hydrogens (tertiary/aromatic N) is 1. The van der Waals surface area contributed by atoms with Crippen LogP contribution in [-0.4, -0.2) is 24.8 Å². The highest BCUT2D eigenvalue weighted by atomic mass is 32.2. The van der Waals surface area contributed by atoms with Gasteiger partial charge in [0.25, 0.3) is 5.56 Å². The fraction of sp³-hybridized carbons (Fsp3) is 0.250. The highest BCUT2D eigenvalue weighted by Gasteiger charge is 2.48. The number of benzene rings is 1. The fourth-order valence-electron chi connectivity index (χ4n) is 2.21. The lowest BCUT2D eigenvalue weighted by Gasteiger charge is -2.13. The minimum atomic E-state index is -5.84. The number of hydrogen-bond donors (Lipinski definition) is 0. The number of carbonyl (C=O) groups is 1. The third-order valence-corrected chi connectivity index (χ3v) is 4.52. The van der Waals surface area contributed by atoms with Crippen molar-refractivity contribution in [3.63, 3.8) is 0 Å². The summed E-state index contributed by atoms with van der Waals surface area (Å²) in [6.07, 6.45) is 1.13. The molecule has 0 aliphatic heterocycles. The van der Waals surface area contributed by atoms with Gasteiger partial charge in [-0.25, -0.2) is 0 Å². The van der Waals surface area contributed by atoms with Crippen molar-refractivity contribution >= 4 is 16.4 Å². The molecule has 10 heteroatoms. The smallest absolute Gasteiger partial charge is 0.376 e. The summed E-state index contributed by atoms with van der Waals surface area (Å²) in [5, 5.41) is 0. The van der Waals surface area contributed by atoms with E-state index in [1.807, 2.05) is 0 Å². The molecule has 0 aliphatic carbocycles. The molecule has 2 rings (SSSR count). The lowest BCUT2D eigenvalue weighted by molar-refractivity contribution is -0.0500. The Bertz CT molecular complexity index is 963. The number of aldehydes is 1. The quantitative estimate of drug-likeness (QED) is 0.431. The SMILES string of the molecule is Cc1cc(OS(=O)(=O)C(F)(F)F)cc(=O)n1CCc1ccc(C=O)cc1. The molecule has 0 fully saturated rings. The van der Waals surface area contributed by atoms with E-state index >= 15 is 0 Å². The Labute approximate surface area is 147 Å². The fourth-order valence-corrected chi connectivity index (χ4v) is 2.66. The summed E-state index contributed by atoms with van der Waals surface area (Å²) in [5.74, 6) is -0.698. The van der Waals surface area contributed by atoms with Crippen LogP contribution in [0.25, 0.3) is 0 Å². The van der Waals surface area contributed by atoms with Crippen LogP contribution in [0.15, 0.2) is 41.2 Å². The Morgan fingerprint density at radius 2 is 1.77 bits per heavy atom. The van der Waals surface area contributed by atoms with E-state index in [1.165, 1.54) is 11.5 Å². The van der Waals surface area contributed by atoms with E-state index in [1.54, 1.807) is 24.3 Å². The molecule has 0 saturated carbocycles. The Balaban J connectivity index is 2.18. The minimum Gasteiger partial charge on any atom is -0.376 e. The maximum Gasteiger partial charge on any atom is 0.534 e. The number of alkyl halides is 3. The monoisotopic (exact) mass is 389 g/mol. The van der Waals surface area contributed by atoms with E-state index in [-0.39, 0.29) is 12.2 Å². The van der Waals surface area contributed by atoms with Gasteiger partial charge in [-0.15, -0.1) is 0 Å². The highest BCUT2D eigenvalue weighted by molar-refractivity contribution is 7.88. The van der Waals surface area contributed by atoms with Gasteiger partial charge in [-0.3, -0.25) is 9.59 Å².